The van der Waals surface area contributed by atoms with Crippen LogP contribution in [0.3, 0.4) is 0 Å². The molecule has 0 fully saturated rings. The van der Waals surface area contributed by atoms with E-state index in [9.17, 15) is 13.6 Å². The van der Waals surface area contributed by atoms with Crippen LogP contribution in [0.25, 0.3) is 28.3 Å². The highest BCUT2D eigenvalue weighted by Gasteiger charge is 2.19. The number of anilines is 3. The molecule has 0 radical (unpaired) electrons. The number of imidazole rings is 1. The number of pyridine rings is 1. The van der Waals surface area contributed by atoms with Crippen LogP contribution >= 0.6 is 0 Å². The lowest BCUT2D eigenvalue weighted by atomic mass is 10.1. The molecule has 3 aromatic heterocycles. The maximum atomic E-state index is 14.2. The summed E-state index contributed by atoms with van der Waals surface area (Å²) < 4.78 is 29.8. The van der Waals surface area contributed by atoms with Crippen LogP contribution in [0, 0.1) is 11.6 Å². The molecule has 44 heavy (non-hydrogen) atoms. The van der Waals surface area contributed by atoms with Crippen molar-refractivity contribution in [1.82, 2.24) is 24.3 Å². The van der Waals surface area contributed by atoms with Crippen LogP contribution in [-0.2, 0) is 6.42 Å². The first-order chi connectivity index (χ1) is 21.3. The summed E-state index contributed by atoms with van der Waals surface area (Å²) in [6.07, 6.45) is 4.55. The fourth-order valence-electron chi connectivity index (χ4n) is 4.84. The van der Waals surface area contributed by atoms with Crippen LogP contribution in [-0.4, -0.2) is 50.8 Å². The molecule has 8 nitrogen and oxygen atoms in total. The molecule has 0 aliphatic carbocycles. The summed E-state index contributed by atoms with van der Waals surface area (Å²) in [5.41, 5.74) is 5.52. The number of carbonyl (C=O) groups is 1. The Hall–Kier alpha value is -5.48. The predicted molar refractivity (Wildman–Crippen MR) is 168 cm³/mol. The van der Waals surface area contributed by atoms with E-state index in [-0.39, 0.29) is 5.56 Å². The average molecular weight is 590 g/mol. The molecular weight excluding hydrogens is 560 g/mol. The standard InChI is InChI=1S/C34H29F2N7O/c1-42(2)19-16-22-9-12-25(13-10-22)39-34-37-17-15-29(40-34)32-31(41-30-8-3-4-18-43(30)32)23-6-5-7-26(20-23)38-33(44)27-21-24(35)11-14-28(27)36/h3-15,17-18,20-21H,16,19H2,1-2H3,(H,38,44)(H,37,39,40). The lowest BCUT2D eigenvalue weighted by molar-refractivity contribution is 0.102. The second-order valence-electron chi connectivity index (χ2n) is 10.5. The minimum atomic E-state index is -0.809. The Balaban J connectivity index is 1.31. The zero-order valence-electron chi connectivity index (χ0n) is 24.1. The first-order valence-corrected chi connectivity index (χ1v) is 14.0. The van der Waals surface area contributed by atoms with Crippen molar-refractivity contribution in [3.63, 3.8) is 0 Å². The zero-order valence-corrected chi connectivity index (χ0v) is 24.1. The molecule has 0 aliphatic heterocycles. The maximum Gasteiger partial charge on any atom is 0.258 e. The molecule has 3 heterocycles. The molecule has 0 saturated heterocycles. The molecule has 6 aromatic rings. The van der Waals surface area contributed by atoms with Crippen molar-refractivity contribution in [2.75, 3.05) is 31.3 Å². The van der Waals surface area contributed by atoms with Crippen molar-refractivity contribution < 1.29 is 13.6 Å². The van der Waals surface area contributed by atoms with E-state index in [1.807, 2.05) is 53.1 Å². The monoisotopic (exact) mass is 589 g/mol. The summed E-state index contributed by atoms with van der Waals surface area (Å²) in [7, 11) is 4.11. The third-order valence-electron chi connectivity index (χ3n) is 7.05. The summed E-state index contributed by atoms with van der Waals surface area (Å²) in [5.74, 6) is -1.84. The van der Waals surface area contributed by atoms with E-state index in [4.69, 9.17) is 9.97 Å². The molecule has 2 N–H and O–H groups in total. The highest BCUT2D eigenvalue weighted by molar-refractivity contribution is 6.04. The van der Waals surface area contributed by atoms with Gasteiger partial charge in [-0.3, -0.25) is 9.20 Å². The third-order valence-corrected chi connectivity index (χ3v) is 7.05. The molecule has 0 atom stereocenters. The number of carbonyl (C=O) groups excluding carboxylic acids is 1. The molecule has 3 aromatic carbocycles. The van der Waals surface area contributed by atoms with Gasteiger partial charge in [0, 0.05) is 35.9 Å². The second kappa shape index (κ2) is 12.4. The molecule has 0 spiro atoms. The van der Waals surface area contributed by atoms with E-state index >= 15 is 0 Å². The Labute approximate surface area is 253 Å². The number of hydrogen-bond donors (Lipinski definition) is 2. The smallest absolute Gasteiger partial charge is 0.258 e. The lowest BCUT2D eigenvalue weighted by Crippen LogP contribution is -2.14. The SMILES string of the molecule is CN(C)CCc1ccc(Nc2nccc(-c3c(-c4cccc(NC(=O)c5cc(F)ccc5F)c4)nc4ccccn34)n2)cc1. The van der Waals surface area contributed by atoms with Gasteiger partial charge >= 0.3 is 0 Å². The summed E-state index contributed by atoms with van der Waals surface area (Å²) in [6, 6.07) is 25.5. The van der Waals surface area contributed by atoms with Crippen LogP contribution in [0.1, 0.15) is 15.9 Å². The van der Waals surface area contributed by atoms with Gasteiger partial charge in [-0.05, 0) is 86.7 Å². The van der Waals surface area contributed by atoms with Gasteiger partial charge < -0.3 is 15.5 Å². The summed E-state index contributed by atoms with van der Waals surface area (Å²) in [4.78, 5) is 29.0. The number of fused-ring (bicyclic) bond motifs is 1. The summed E-state index contributed by atoms with van der Waals surface area (Å²) >= 11 is 0. The van der Waals surface area contributed by atoms with Crippen LogP contribution in [0.15, 0.2) is 103 Å². The van der Waals surface area contributed by atoms with Crippen molar-refractivity contribution in [3.8, 4) is 22.6 Å². The van der Waals surface area contributed by atoms with Gasteiger partial charge in [-0.1, -0.05) is 30.3 Å². The van der Waals surface area contributed by atoms with Gasteiger partial charge in [-0.15, -0.1) is 0 Å². The second-order valence-corrected chi connectivity index (χ2v) is 10.5. The van der Waals surface area contributed by atoms with E-state index in [1.165, 1.54) is 5.56 Å². The van der Waals surface area contributed by atoms with Gasteiger partial charge in [-0.25, -0.2) is 23.7 Å². The molecular formula is C34H29F2N7O. The van der Waals surface area contributed by atoms with Crippen molar-refractivity contribution in [3.05, 3.63) is 126 Å². The lowest BCUT2D eigenvalue weighted by Gasteiger charge is -2.11. The third kappa shape index (κ3) is 6.30. The Morgan fingerprint density at radius 1 is 0.886 bits per heavy atom. The largest absolute Gasteiger partial charge is 0.324 e. The van der Waals surface area contributed by atoms with Crippen molar-refractivity contribution in [2.45, 2.75) is 6.42 Å². The summed E-state index contributed by atoms with van der Waals surface area (Å²) in [6.45, 7) is 0.973. The quantitative estimate of drug-likeness (QED) is 0.192. The number of hydrogen-bond acceptors (Lipinski definition) is 6. The van der Waals surface area contributed by atoms with Crippen LogP contribution < -0.4 is 10.6 Å². The Morgan fingerprint density at radius 3 is 2.55 bits per heavy atom. The Bertz CT molecular complexity index is 1950. The number of nitrogens with zero attached hydrogens (tertiary/aromatic N) is 5. The highest BCUT2D eigenvalue weighted by atomic mass is 19.1. The van der Waals surface area contributed by atoms with Gasteiger partial charge in [0.1, 0.15) is 17.3 Å². The van der Waals surface area contributed by atoms with Crippen LogP contribution in [0.5, 0.6) is 0 Å². The van der Waals surface area contributed by atoms with E-state index in [2.05, 4.69) is 46.7 Å². The van der Waals surface area contributed by atoms with Gasteiger partial charge in [0.25, 0.3) is 5.91 Å². The number of halogens is 2. The molecule has 220 valence electrons. The predicted octanol–water partition coefficient (Wildman–Crippen LogP) is 6.84. The highest BCUT2D eigenvalue weighted by Crippen LogP contribution is 2.33. The summed E-state index contributed by atoms with van der Waals surface area (Å²) in [5, 5.41) is 5.96. The number of aromatic nitrogens is 4. The van der Waals surface area contributed by atoms with Gasteiger partial charge in [0.05, 0.1) is 22.6 Å². The van der Waals surface area contributed by atoms with Crippen LogP contribution in [0.2, 0.25) is 0 Å². The minimum absolute atomic E-state index is 0.381. The molecule has 0 aliphatic rings. The van der Waals surface area contributed by atoms with E-state index in [0.717, 1.165) is 42.5 Å². The van der Waals surface area contributed by atoms with Gasteiger partial charge in [0.2, 0.25) is 5.95 Å². The number of benzene rings is 3. The van der Waals surface area contributed by atoms with Crippen molar-refractivity contribution >= 4 is 28.9 Å². The van der Waals surface area contributed by atoms with E-state index in [0.29, 0.717) is 34.2 Å². The number of likely N-dealkylation sites (N-methyl/N-ethyl adjacent to an activating group) is 1. The average Bonchev–Trinajstić information content (AvgIpc) is 3.42. The first-order valence-electron chi connectivity index (χ1n) is 14.0. The number of nitrogens with one attached hydrogen (secondary N) is 2. The molecule has 1 amide bonds. The molecule has 6 rings (SSSR count). The van der Waals surface area contributed by atoms with Crippen LogP contribution in [0.4, 0.5) is 26.1 Å². The Morgan fingerprint density at radius 2 is 1.73 bits per heavy atom. The molecule has 0 bridgehead atoms. The van der Waals surface area contributed by atoms with Gasteiger partial charge in [0.15, 0.2) is 0 Å². The fraction of sp³-hybridized carbons (Fsp3) is 0.118. The molecule has 0 unspecified atom stereocenters. The zero-order chi connectivity index (χ0) is 30.6. The topological polar surface area (TPSA) is 87.5 Å². The fourth-order valence-corrected chi connectivity index (χ4v) is 4.84. The molecule has 10 heteroatoms. The number of rotatable bonds is 9. The maximum absolute atomic E-state index is 14.2. The van der Waals surface area contributed by atoms with Crippen molar-refractivity contribution in [1.29, 1.82) is 0 Å². The molecule has 0 saturated carbocycles. The minimum Gasteiger partial charge on any atom is -0.324 e. The Kier molecular flexibility index (Phi) is 8.07. The normalized spacial score (nSPS) is 11.2. The van der Waals surface area contributed by atoms with Gasteiger partial charge in [-0.2, -0.15) is 0 Å². The van der Waals surface area contributed by atoms with E-state index < -0.39 is 17.5 Å². The van der Waals surface area contributed by atoms with Crippen molar-refractivity contribution in [2.24, 2.45) is 0 Å². The first kappa shape index (κ1) is 28.6. The number of amides is 1. The van der Waals surface area contributed by atoms with E-state index in [1.54, 1.807) is 24.4 Å².